The van der Waals surface area contributed by atoms with Crippen LogP contribution in [0.1, 0.15) is 22.5 Å². The molecule has 0 aliphatic heterocycles. The van der Waals surface area contributed by atoms with Crippen LogP contribution in [0.25, 0.3) is 11.2 Å². The van der Waals surface area contributed by atoms with Crippen LogP contribution in [0.5, 0.6) is 0 Å². The number of imidazole rings is 1. The molecule has 0 saturated heterocycles. The predicted octanol–water partition coefficient (Wildman–Crippen LogP) is 1.82. The van der Waals surface area contributed by atoms with E-state index in [9.17, 15) is 14.7 Å². The van der Waals surface area contributed by atoms with Gasteiger partial charge in [0.2, 0.25) is 0 Å². The zero-order chi connectivity index (χ0) is 20.2. The number of carboxylic acid groups (broad SMARTS) is 1. The van der Waals surface area contributed by atoms with Crippen molar-refractivity contribution in [3.63, 3.8) is 0 Å². The largest absolute Gasteiger partial charge is 0.478 e. The van der Waals surface area contributed by atoms with E-state index >= 15 is 0 Å². The van der Waals surface area contributed by atoms with Crippen molar-refractivity contribution < 1.29 is 9.90 Å². The number of aromatic nitrogens is 6. The average Bonchev–Trinajstić information content (AvgIpc) is 3.34. The summed E-state index contributed by atoms with van der Waals surface area (Å²) in [4.78, 5) is 33.0. The van der Waals surface area contributed by atoms with Crippen LogP contribution in [0.2, 0.25) is 0 Å². The molecule has 4 aromatic heterocycles. The first kappa shape index (κ1) is 18.6. The molecule has 4 rings (SSSR count). The van der Waals surface area contributed by atoms with Crippen molar-refractivity contribution in [3.8, 4) is 0 Å². The number of hydrogen-bond donors (Lipinski definition) is 1. The highest BCUT2D eigenvalue weighted by Gasteiger charge is 2.17. The number of pyridine rings is 2. The molecule has 4 aromatic rings. The molecule has 0 fully saturated rings. The number of carboxylic acids is 1. The molecule has 4 heterocycles. The average molecular weight is 392 g/mol. The third kappa shape index (κ3) is 3.93. The Morgan fingerprint density at radius 3 is 2.66 bits per heavy atom. The van der Waals surface area contributed by atoms with Crippen molar-refractivity contribution in [2.45, 2.75) is 32.5 Å². The van der Waals surface area contributed by atoms with Gasteiger partial charge in [-0.1, -0.05) is 6.07 Å². The summed E-state index contributed by atoms with van der Waals surface area (Å²) in [6, 6.07) is 9.01. The highest BCUT2D eigenvalue weighted by Crippen LogP contribution is 2.14. The zero-order valence-electron chi connectivity index (χ0n) is 15.7. The molecule has 0 amide bonds. The van der Waals surface area contributed by atoms with Gasteiger partial charge in [0.05, 0.1) is 11.1 Å². The van der Waals surface area contributed by atoms with E-state index < -0.39 is 5.97 Å². The molecular weight excluding hydrogens is 372 g/mol. The van der Waals surface area contributed by atoms with Gasteiger partial charge in [0.15, 0.2) is 5.65 Å². The van der Waals surface area contributed by atoms with Gasteiger partial charge in [0.25, 0.3) is 0 Å². The summed E-state index contributed by atoms with van der Waals surface area (Å²) >= 11 is 0. The van der Waals surface area contributed by atoms with Crippen molar-refractivity contribution >= 4 is 17.1 Å². The lowest BCUT2D eigenvalue weighted by Gasteiger charge is -2.04. The molecule has 9 heteroatoms. The lowest BCUT2D eigenvalue weighted by molar-refractivity contribution is 0.0696. The maximum absolute atomic E-state index is 13.1. The van der Waals surface area contributed by atoms with Crippen molar-refractivity contribution in [2.24, 2.45) is 0 Å². The molecule has 0 aliphatic carbocycles. The van der Waals surface area contributed by atoms with Gasteiger partial charge in [-0.05, 0) is 30.7 Å². The molecule has 0 atom stereocenters. The minimum atomic E-state index is -1.07. The van der Waals surface area contributed by atoms with Crippen LogP contribution in [-0.2, 0) is 26.1 Å². The van der Waals surface area contributed by atoms with Crippen molar-refractivity contribution in [1.29, 1.82) is 0 Å². The minimum absolute atomic E-state index is 0.0557. The van der Waals surface area contributed by atoms with Crippen LogP contribution in [0.15, 0.2) is 59.9 Å². The summed E-state index contributed by atoms with van der Waals surface area (Å²) < 4.78 is 4.98. The van der Waals surface area contributed by atoms with E-state index in [1.54, 1.807) is 26.2 Å². The van der Waals surface area contributed by atoms with Crippen LogP contribution in [-0.4, -0.2) is 40.0 Å². The first-order valence-electron chi connectivity index (χ1n) is 9.33. The van der Waals surface area contributed by atoms with E-state index in [4.69, 9.17) is 0 Å². The van der Waals surface area contributed by atoms with Gasteiger partial charge >= 0.3 is 11.7 Å². The minimum Gasteiger partial charge on any atom is -0.478 e. The number of aromatic carboxylic acids is 1. The van der Waals surface area contributed by atoms with Gasteiger partial charge in [0, 0.05) is 56.5 Å². The van der Waals surface area contributed by atoms with Crippen molar-refractivity contribution in [1.82, 2.24) is 28.9 Å². The van der Waals surface area contributed by atoms with Gasteiger partial charge < -0.3 is 5.11 Å². The Balaban J connectivity index is 1.65. The first-order chi connectivity index (χ1) is 14.1. The fraction of sp³-hybridized carbons (Fsp3) is 0.250. The molecule has 0 unspecified atom stereocenters. The van der Waals surface area contributed by atoms with Gasteiger partial charge in [-0.25, -0.2) is 14.6 Å². The molecule has 1 N–H and O–H groups in total. The Morgan fingerprint density at radius 2 is 1.93 bits per heavy atom. The van der Waals surface area contributed by atoms with E-state index in [-0.39, 0.29) is 11.3 Å². The highest BCUT2D eigenvalue weighted by atomic mass is 16.4. The predicted molar refractivity (Wildman–Crippen MR) is 106 cm³/mol. The molecule has 29 heavy (non-hydrogen) atoms. The lowest BCUT2D eigenvalue weighted by Crippen LogP contribution is -2.25. The fourth-order valence-corrected chi connectivity index (χ4v) is 3.32. The van der Waals surface area contributed by atoms with Crippen LogP contribution >= 0.6 is 0 Å². The summed E-state index contributed by atoms with van der Waals surface area (Å²) in [6.07, 6.45) is 7.83. The van der Waals surface area contributed by atoms with Gasteiger partial charge in [-0.3, -0.25) is 18.8 Å². The second-order valence-corrected chi connectivity index (χ2v) is 6.65. The van der Waals surface area contributed by atoms with E-state index in [2.05, 4.69) is 15.1 Å². The summed E-state index contributed by atoms with van der Waals surface area (Å²) in [5.41, 5.74) is 1.74. The molecule has 0 radical (unpaired) electrons. The molecule has 9 nitrogen and oxygen atoms in total. The monoisotopic (exact) mass is 392 g/mol. The Bertz CT molecular complexity index is 1180. The Hall–Kier alpha value is -3.75. The first-order valence-corrected chi connectivity index (χ1v) is 9.33. The lowest BCUT2D eigenvalue weighted by atomic mass is 10.2. The number of rotatable bonds is 8. The molecule has 0 saturated carbocycles. The maximum Gasteiger partial charge on any atom is 0.337 e. The van der Waals surface area contributed by atoms with Gasteiger partial charge in [0.1, 0.15) is 0 Å². The smallest absolute Gasteiger partial charge is 0.337 e. The van der Waals surface area contributed by atoms with E-state index in [0.717, 1.165) is 5.69 Å². The Morgan fingerprint density at radius 1 is 1.03 bits per heavy atom. The van der Waals surface area contributed by atoms with Crippen LogP contribution in [0, 0.1) is 0 Å². The Kier molecular flexibility index (Phi) is 5.19. The SMILES string of the molecule is O=C(O)c1cnc2c(c1)n(CCCn1cccn1)c(=O)n2CCc1ccccn1. The van der Waals surface area contributed by atoms with Crippen molar-refractivity contribution in [2.75, 3.05) is 0 Å². The summed E-state index contributed by atoms with van der Waals surface area (Å²) in [5.74, 6) is -1.07. The van der Waals surface area contributed by atoms with Gasteiger partial charge in [-0.15, -0.1) is 0 Å². The van der Waals surface area contributed by atoms with Crippen LogP contribution < -0.4 is 5.69 Å². The summed E-state index contributed by atoms with van der Waals surface area (Å²) in [5, 5.41) is 13.5. The quantitative estimate of drug-likeness (QED) is 0.490. The maximum atomic E-state index is 13.1. The molecule has 0 aliphatic rings. The molecule has 148 valence electrons. The number of fused-ring (bicyclic) bond motifs is 1. The number of nitrogens with zero attached hydrogens (tertiary/aromatic N) is 6. The number of carbonyl (C=O) groups is 1. The third-order valence-electron chi connectivity index (χ3n) is 4.75. The number of aryl methyl sites for hydroxylation is 4. The molecule has 0 bridgehead atoms. The second kappa shape index (κ2) is 8.09. The molecule has 0 spiro atoms. The molecular formula is C20H20N6O3. The highest BCUT2D eigenvalue weighted by molar-refractivity contribution is 5.90. The van der Waals surface area contributed by atoms with Gasteiger partial charge in [-0.2, -0.15) is 5.10 Å². The van der Waals surface area contributed by atoms with Crippen LogP contribution in [0.3, 0.4) is 0 Å². The standard InChI is InChI=1S/C20H20N6O3/c27-19(28)15-13-17-18(22-14-15)26(12-6-16-5-1-2-7-21-16)20(29)25(17)11-4-10-24-9-3-8-23-24/h1-3,5,7-9,13-14H,4,6,10-12H2,(H,27,28). The zero-order valence-corrected chi connectivity index (χ0v) is 15.7. The van der Waals surface area contributed by atoms with Crippen molar-refractivity contribution in [3.05, 3.63) is 76.9 Å². The van der Waals surface area contributed by atoms with E-state index in [1.807, 2.05) is 30.5 Å². The second-order valence-electron chi connectivity index (χ2n) is 6.65. The summed E-state index contributed by atoms with van der Waals surface area (Å²) in [7, 11) is 0. The summed E-state index contributed by atoms with van der Waals surface area (Å²) in [6.45, 7) is 1.51. The third-order valence-corrected chi connectivity index (χ3v) is 4.75. The fourth-order valence-electron chi connectivity index (χ4n) is 3.32. The van der Waals surface area contributed by atoms with E-state index in [1.165, 1.54) is 12.3 Å². The molecule has 0 aromatic carbocycles. The number of hydrogen-bond acceptors (Lipinski definition) is 5. The van der Waals surface area contributed by atoms with Crippen LogP contribution in [0.4, 0.5) is 0 Å². The van der Waals surface area contributed by atoms with E-state index in [0.29, 0.717) is 43.6 Å². The Labute approximate surface area is 165 Å². The normalized spacial score (nSPS) is 11.2. The topological polar surface area (TPSA) is 108 Å².